The zero-order chi connectivity index (χ0) is 16.5. The molecule has 0 fully saturated rings. The Morgan fingerprint density at radius 3 is 3.17 bits per heavy atom. The molecule has 0 saturated carbocycles. The van der Waals surface area contributed by atoms with Crippen LogP contribution < -0.4 is 10.6 Å². The van der Waals surface area contributed by atoms with Crippen molar-refractivity contribution in [3.8, 4) is 0 Å². The maximum absolute atomic E-state index is 10.4. The van der Waals surface area contributed by atoms with Crippen molar-refractivity contribution in [2.24, 2.45) is 0 Å². The topological polar surface area (TPSA) is 122 Å². The van der Waals surface area contributed by atoms with Crippen molar-refractivity contribution >= 4 is 23.1 Å². The number of nitrogens with zero attached hydrogens (tertiary/aromatic N) is 4. The van der Waals surface area contributed by atoms with Gasteiger partial charge in [0.2, 0.25) is 0 Å². The van der Waals surface area contributed by atoms with Crippen LogP contribution in [0.4, 0.5) is 0 Å². The lowest BCUT2D eigenvalue weighted by Crippen LogP contribution is -2.26. The Hall–Kier alpha value is -2.14. The minimum absolute atomic E-state index is 0.401. The molecule has 9 nitrogen and oxygen atoms in total. The van der Waals surface area contributed by atoms with Gasteiger partial charge in [0.25, 0.3) is 6.20 Å². The van der Waals surface area contributed by atoms with Gasteiger partial charge in [0, 0.05) is 30.5 Å². The molecule has 3 N–H and O–H groups in total. The number of nitrogens with one attached hydrogen (secondary N) is 3. The third-order valence-electron chi connectivity index (χ3n) is 2.70. The SMILES string of the molecule is CNC(=C[N+](=O)[O-])NCCSCc1csc(Cc2ncn[nH]2)n1. The number of rotatable bonds is 10. The van der Waals surface area contributed by atoms with Gasteiger partial charge in [0.15, 0.2) is 5.82 Å². The summed E-state index contributed by atoms with van der Waals surface area (Å²) in [6.45, 7) is 0.639. The second-order valence-electron chi connectivity index (χ2n) is 4.40. The third kappa shape index (κ3) is 6.24. The van der Waals surface area contributed by atoms with Crippen molar-refractivity contribution in [1.82, 2.24) is 30.8 Å². The van der Waals surface area contributed by atoms with Gasteiger partial charge in [0.05, 0.1) is 17.0 Å². The Morgan fingerprint density at radius 2 is 2.48 bits per heavy atom. The molecule has 0 aliphatic rings. The van der Waals surface area contributed by atoms with Gasteiger partial charge in [-0.05, 0) is 0 Å². The van der Waals surface area contributed by atoms with Gasteiger partial charge in [-0.15, -0.1) is 11.3 Å². The maximum atomic E-state index is 10.4. The summed E-state index contributed by atoms with van der Waals surface area (Å²) >= 11 is 3.33. The van der Waals surface area contributed by atoms with Crippen molar-refractivity contribution < 1.29 is 4.92 Å². The largest absolute Gasteiger partial charge is 0.370 e. The molecule has 0 aromatic carbocycles. The Kier molecular flexibility index (Phi) is 6.81. The first-order valence-corrected chi connectivity index (χ1v) is 8.83. The summed E-state index contributed by atoms with van der Waals surface area (Å²) in [5.74, 6) is 2.84. The Bertz CT molecular complexity index is 642. The van der Waals surface area contributed by atoms with Gasteiger partial charge in [0.1, 0.15) is 17.2 Å². The monoisotopic (exact) mass is 355 g/mol. The maximum Gasteiger partial charge on any atom is 0.274 e. The van der Waals surface area contributed by atoms with Crippen LogP contribution in [0.2, 0.25) is 0 Å². The fourth-order valence-electron chi connectivity index (χ4n) is 1.69. The second-order valence-corrected chi connectivity index (χ2v) is 6.45. The molecule has 0 aliphatic carbocycles. The van der Waals surface area contributed by atoms with Crippen LogP contribution in [0.5, 0.6) is 0 Å². The highest BCUT2D eigenvalue weighted by Crippen LogP contribution is 2.17. The molecule has 0 unspecified atom stereocenters. The number of aromatic nitrogens is 4. The number of nitro groups is 1. The first kappa shape index (κ1) is 17.2. The van der Waals surface area contributed by atoms with Crippen LogP contribution in [0.25, 0.3) is 0 Å². The molecular formula is C12H17N7O2S2. The molecular weight excluding hydrogens is 338 g/mol. The molecule has 23 heavy (non-hydrogen) atoms. The molecule has 0 bridgehead atoms. The van der Waals surface area contributed by atoms with Crippen LogP contribution in [0, 0.1) is 10.1 Å². The number of aromatic amines is 1. The van der Waals surface area contributed by atoms with E-state index in [9.17, 15) is 10.1 Å². The van der Waals surface area contributed by atoms with E-state index in [2.05, 4.69) is 30.8 Å². The quantitative estimate of drug-likeness (QED) is 0.327. The van der Waals surface area contributed by atoms with Gasteiger partial charge < -0.3 is 10.6 Å². The van der Waals surface area contributed by atoms with E-state index in [-0.39, 0.29) is 0 Å². The molecule has 2 heterocycles. The van der Waals surface area contributed by atoms with Crippen molar-refractivity contribution in [3.63, 3.8) is 0 Å². The predicted molar refractivity (Wildman–Crippen MR) is 89.6 cm³/mol. The molecule has 2 aromatic rings. The smallest absolute Gasteiger partial charge is 0.274 e. The summed E-state index contributed by atoms with van der Waals surface area (Å²) in [7, 11) is 1.64. The Balaban J connectivity index is 1.66. The average Bonchev–Trinajstić information content (AvgIpc) is 3.18. The van der Waals surface area contributed by atoms with E-state index >= 15 is 0 Å². The van der Waals surface area contributed by atoms with E-state index in [1.807, 2.05) is 5.38 Å². The third-order valence-corrected chi connectivity index (χ3v) is 4.59. The summed E-state index contributed by atoms with van der Waals surface area (Å²) in [4.78, 5) is 18.5. The van der Waals surface area contributed by atoms with Crippen LogP contribution >= 0.6 is 23.1 Å². The average molecular weight is 355 g/mol. The highest BCUT2D eigenvalue weighted by molar-refractivity contribution is 7.98. The first-order valence-electron chi connectivity index (χ1n) is 6.79. The first-order chi connectivity index (χ1) is 11.2. The van der Waals surface area contributed by atoms with Crippen molar-refractivity contribution in [3.05, 3.63) is 50.4 Å². The minimum Gasteiger partial charge on any atom is -0.370 e. The number of H-pyrrole nitrogens is 1. The highest BCUT2D eigenvalue weighted by atomic mass is 32.2. The van der Waals surface area contributed by atoms with E-state index in [0.29, 0.717) is 18.8 Å². The molecule has 0 saturated heterocycles. The lowest BCUT2D eigenvalue weighted by molar-refractivity contribution is -0.404. The lowest BCUT2D eigenvalue weighted by Gasteiger charge is -2.07. The predicted octanol–water partition coefficient (Wildman–Crippen LogP) is 0.970. The van der Waals surface area contributed by atoms with Crippen LogP contribution in [-0.4, -0.2) is 44.4 Å². The molecule has 124 valence electrons. The fraction of sp³-hybridized carbons (Fsp3) is 0.417. The summed E-state index contributed by atoms with van der Waals surface area (Å²) in [6.07, 6.45) is 3.06. The van der Waals surface area contributed by atoms with Crippen LogP contribution in [-0.2, 0) is 12.2 Å². The summed E-state index contributed by atoms with van der Waals surface area (Å²) in [5, 5.41) is 25.8. The number of thiazole rings is 1. The zero-order valence-electron chi connectivity index (χ0n) is 12.5. The lowest BCUT2D eigenvalue weighted by atomic mass is 10.4. The van der Waals surface area contributed by atoms with E-state index in [0.717, 1.165) is 34.2 Å². The van der Waals surface area contributed by atoms with Crippen LogP contribution in [0.1, 0.15) is 16.5 Å². The molecule has 2 aromatic heterocycles. The zero-order valence-corrected chi connectivity index (χ0v) is 14.1. The van der Waals surface area contributed by atoms with Gasteiger partial charge in [-0.1, -0.05) is 0 Å². The normalized spacial score (nSPS) is 11.4. The summed E-state index contributed by atoms with van der Waals surface area (Å²) in [6, 6.07) is 0. The van der Waals surface area contributed by atoms with Gasteiger partial charge in [-0.25, -0.2) is 9.97 Å². The highest BCUT2D eigenvalue weighted by Gasteiger charge is 2.05. The van der Waals surface area contributed by atoms with Gasteiger partial charge in [-0.3, -0.25) is 15.2 Å². The van der Waals surface area contributed by atoms with Gasteiger partial charge >= 0.3 is 0 Å². The van der Waals surface area contributed by atoms with E-state index in [4.69, 9.17) is 0 Å². The van der Waals surface area contributed by atoms with E-state index < -0.39 is 4.92 Å². The molecule has 0 aliphatic heterocycles. The van der Waals surface area contributed by atoms with Crippen LogP contribution in [0.15, 0.2) is 23.7 Å². The standard InChI is InChI=1S/C12H17N7O2S2/c1-13-11(5-19(20)21)14-2-3-22-6-9-7-23-12(17-9)4-10-15-8-16-18-10/h5,7-8,13-14H,2-4,6H2,1H3,(H,15,16,18). The van der Waals surface area contributed by atoms with E-state index in [1.54, 1.807) is 30.1 Å². The molecule has 0 atom stereocenters. The fourth-order valence-corrected chi connectivity index (χ4v) is 3.35. The van der Waals surface area contributed by atoms with Gasteiger partial charge in [-0.2, -0.15) is 16.9 Å². The Morgan fingerprint density at radius 1 is 1.61 bits per heavy atom. The summed E-state index contributed by atoms with van der Waals surface area (Å²) < 4.78 is 0. The molecule has 2 rings (SSSR count). The number of hydrogen-bond acceptors (Lipinski definition) is 9. The molecule has 0 amide bonds. The molecule has 0 spiro atoms. The van der Waals surface area contributed by atoms with Crippen LogP contribution in [0.3, 0.4) is 0 Å². The van der Waals surface area contributed by atoms with Crippen molar-refractivity contribution in [2.75, 3.05) is 19.3 Å². The Labute approximate surface area is 141 Å². The number of hydrogen-bond donors (Lipinski definition) is 3. The van der Waals surface area contributed by atoms with Crippen molar-refractivity contribution in [2.45, 2.75) is 12.2 Å². The van der Waals surface area contributed by atoms with Crippen molar-refractivity contribution in [1.29, 1.82) is 0 Å². The molecule has 11 heteroatoms. The van der Waals surface area contributed by atoms with E-state index in [1.165, 1.54) is 6.33 Å². The number of thioether (sulfide) groups is 1. The second kappa shape index (κ2) is 9.10. The molecule has 0 radical (unpaired) electrons. The minimum atomic E-state index is -0.489. The summed E-state index contributed by atoms with van der Waals surface area (Å²) in [5.41, 5.74) is 1.03.